The Bertz CT molecular complexity index is 1340. The maximum Gasteiger partial charge on any atom is 0.146 e. The molecule has 0 spiro atoms. The van der Waals surface area contributed by atoms with Gasteiger partial charge in [0.25, 0.3) is 0 Å². The first kappa shape index (κ1) is 22.3. The van der Waals surface area contributed by atoms with Gasteiger partial charge in [-0.2, -0.15) is 0 Å². The van der Waals surface area contributed by atoms with Gasteiger partial charge in [0.05, 0.1) is 36.9 Å². The predicted molar refractivity (Wildman–Crippen MR) is 143 cm³/mol. The van der Waals surface area contributed by atoms with Crippen LogP contribution in [-0.4, -0.2) is 46.2 Å². The maximum atomic E-state index is 5.53. The van der Waals surface area contributed by atoms with Crippen LogP contribution in [0.15, 0.2) is 77.6 Å². The topological polar surface area (TPSA) is 63.2 Å². The number of aromatic nitrogens is 3. The monoisotopic (exact) mass is 499 g/mol. The van der Waals surface area contributed by atoms with E-state index in [1.54, 1.807) is 22.7 Å². The quantitative estimate of drug-likeness (QED) is 0.303. The molecule has 1 atom stereocenters. The van der Waals surface area contributed by atoms with Gasteiger partial charge in [-0.3, -0.25) is 9.88 Å². The molecule has 0 aliphatic carbocycles. The first-order valence-corrected chi connectivity index (χ1v) is 13.5. The number of hydrogen-bond donors (Lipinski definition) is 1. The number of morpholine rings is 1. The Morgan fingerprint density at radius 2 is 1.80 bits per heavy atom. The van der Waals surface area contributed by atoms with Gasteiger partial charge in [0.1, 0.15) is 16.5 Å². The van der Waals surface area contributed by atoms with Crippen molar-refractivity contribution in [1.29, 1.82) is 0 Å². The number of rotatable bonds is 7. The zero-order valence-corrected chi connectivity index (χ0v) is 20.8. The number of ether oxygens (including phenoxy) is 1. The number of nitrogens with one attached hydrogen (secondary N) is 1. The fourth-order valence-corrected chi connectivity index (χ4v) is 6.17. The van der Waals surface area contributed by atoms with Crippen LogP contribution in [0.5, 0.6) is 0 Å². The van der Waals surface area contributed by atoms with Crippen molar-refractivity contribution in [1.82, 2.24) is 19.9 Å². The van der Waals surface area contributed by atoms with Gasteiger partial charge in [0, 0.05) is 35.1 Å². The standard InChI is InChI=1S/C27H25N5OS2/c1-2-7-19(8-3-1)25(21-9-4-5-11-28-21)31-26-24-20(22-10-6-16-34-22)18-35-27(24)30-23(29-26)17-32-12-14-33-15-13-32/h1-11,16,18,25H,12-15,17H2,(H,29,30,31). The molecule has 1 N–H and O–H groups in total. The largest absolute Gasteiger partial charge is 0.379 e. The van der Waals surface area contributed by atoms with E-state index < -0.39 is 0 Å². The molecule has 1 aliphatic heterocycles. The van der Waals surface area contributed by atoms with E-state index in [2.05, 4.69) is 68.4 Å². The van der Waals surface area contributed by atoms with Gasteiger partial charge >= 0.3 is 0 Å². The van der Waals surface area contributed by atoms with Crippen molar-refractivity contribution < 1.29 is 4.74 Å². The highest BCUT2D eigenvalue weighted by Gasteiger charge is 2.22. The summed E-state index contributed by atoms with van der Waals surface area (Å²) in [5, 5.41) is 9.16. The van der Waals surface area contributed by atoms with Crippen LogP contribution >= 0.6 is 22.7 Å². The van der Waals surface area contributed by atoms with Gasteiger partial charge in [0.2, 0.25) is 0 Å². The molecule has 0 saturated carbocycles. The molecule has 1 aliphatic rings. The van der Waals surface area contributed by atoms with E-state index in [-0.39, 0.29) is 6.04 Å². The molecule has 0 bridgehead atoms. The molecule has 35 heavy (non-hydrogen) atoms. The fourth-order valence-electron chi connectivity index (χ4n) is 4.39. The molecular weight excluding hydrogens is 474 g/mol. The third-order valence-electron chi connectivity index (χ3n) is 6.13. The lowest BCUT2D eigenvalue weighted by Gasteiger charge is -2.26. The molecule has 4 aromatic heterocycles. The van der Waals surface area contributed by atoms with Crippen LogP contribution in [0.2, 0.25) is 0 Å². The summed E-state index contributed by atoms with van der Waals surface area (Å²) in [5.41, 5.74) is 3.27. The van der Waals surface area contributed by atoms with Crippen LogP contribution in [-0.2, 0) is 11.3 Å². The summed E-state index contributed by atoms with van der Waals surface area (Å²) in [6.07, 6.45) is 1.84. The Kier molecular flexibility index (Phi) is 6.51. The number of nitrogens with zero attached hydrogens (tertiary/aromatic N) is 4. The summed E-state index contributed by atoms with van der Waals surface area (Å²) >= 11 is 3.42. The van der Waals surface area contributed by atoms with Gasteiger partial charge in [-0.15, -0.1) is 22.7 Å². The average Bonchev–Trinajstić information content (AvgIpc) is 3.59. The molecule has 6 nitrogen and oxygen atoms in total. The second-order valence-electron chi connectivity index (χ2n) is 8.43. The Labute approximate surface area is 212 Å². The highest BCUT2D eigenvalue weighted by Crippen LogP contribution is 2.40. The highest BCUT2D eigenvalue weighted by atomic mass is 32.1. The van der Waals surface area contributed by atoms with Gasteiger partial charge in [-0.25, -0.2) is 9.97 Å². The van der Waals surface area contributed by atoms with Crippen LogP contribution in [0.3, 0.4) is 0 Å². The summed E-state index contributed by atoms with van der Waals surface area (Å²) < 4.78 is 5.53. The summed E-state index contributed by atoms with van der Waals surface area (Å²) in [5.74, 6) is 1.68. The summed E-state index contributed by atoms with van der Waals surface area (Å²) in [6.45, 7) is 4.01. The van der Waals surface area contributed by atoms with E-state index in [0.29, 0.717) is 6.54 Å². The molecule has 5 heterocycles. The van der Waals surface area contributed by atoms with Crippen molar-refractivity contribution in [3.05, 3.63) is 94.7 Å². The van der Waals surface area contributed by atoms with E-state index in [1.807, 2.05) is 24.4 Å². The molecule has 1 saturated heterocycles. The Morgan fingerprint density at radius 1 is 0.943 bits per heavy atom. The van der Waals surface area contributed by atoms with Crippen LogP contribution in [0.25, 0.3) is 20.7 Å². The Morgan fingerprint density at radius 3 is 2.57 bits per heavy atom. The van der Waals surface area contributed by atoms with Gasteiger partial charge in [-0.1, -0.05) is 42.5 Å². The molecular formula is C27H25N5OS2. The average molecular weight is 500 g/mol. The van der Waals surface area contributed by atoms with Crippen LogP contribution in [0.4, 0.5) is 5.82 Å². The third-order valence-corrected chi connectivity index (χ3v) is 7.91. The minimum absolute atomic E-state index is 0.136. The van der Waals surface area contributed by atoms with Crippen LogP contribution < -0.4 is 5.32 Å². The molecule has 0 amide bonds. The lowest BCUT2D eigenvalue weighted by Crippen LogP contribution is -2.36. The van der Waals surface area contributed by atoms with Gasteiger partial charge < -0.3 is 10.1 Å². The van der Waals surface area contributed by atoms with Crippen molar-refractivity contribution in [2.45, 2.75) is 12.6 Å². The normalized spacial score (nSPS) is 15.3. The Balaban J connectivity index is 1.46. The maximum absolute atomic E-state index is 5.53. The van der Waals surface area contributed by atoms with Crippen LogP contribution in [0.1, 0.15) is 23.1 Å². The third kappa shape index (κ3) is 4.83. The van der Waals surface area contributed by atoms with Gasteiger partial charge in [0.15, 0.2) is 0 Å². The van der Waals surface area contributed by atoms with Crippen molar-refractivity contribution in [3.8, 4) is 10.4 Å². The lowest BCUT2D eigenvalue weighted by molar-refractivity contribution is 0.0331. The predicted octanol–water partition coefficient (Wildman–Crippen LogP) is 5.85. The molecule has 5 aromatic rings. The van der Waals surface area contributed by atoms with Crippen LogP contribution in [0, 0.1) is 0 Å². The highest BCUT2D eigenvalue weighted by molar-refractivity contribution is 7.18. The van der Waals surface area contributed by atoms with Crippen molar-refractivity contribution in [3.63, 3.8) is 0 Å². The zero-order chi connectivity index (χ0) is 23.5. The summed E-state index contributed by atoms with van der Waals surface area (Å²) in [4.78, 5) is 19.4. The SMILES string of the molecule is c1ccc(C(Nc2nc(CN3CCOCC3)nc3scc(-c4cccs4)c23)c2ccccn2)cc1. The number of pyridine rings is 1. The second-order valence-corrected chi connectivity index (χ2v) is 10.2. The van der Waals surface area contributed by atoms with E-state index in [9.17, 15) is 0 Å². The van der Waals surface area contributed by atoms with E-state index in [4.69, 9.17) is 14.7 Å². The number of anilines is 1. The fraction of sp³-hybridized carbons (Fsp3) is 0.222. The molecule has 0 radical (unpaired) electrons. The molecule has 6 rings (SSSR count). The number of benzene rings is 1. The molecule has 8 heteroatoms. The second kappa shape index (κ2) is 10.2. The number of thiophene rings is 2. The van der Waals surface area contributed by atoms with Crippen molar-refractivity contribution in [2.75, 3.05) is 31.6 Å². The molecule has 1 fully saturated rings. The number of fused-ring (bicyclic) bond motifs is 1. The minimum Gasteiger partial charge on any atom is -0.379 e. The molecule has 1 aromatic carbocycles. The minimum atomic E-state index is -0.136. The summed E-state index contributed by atoms with van der Waals surface area (Å²) in [7, 11) is 0. The first-order chi connectivity index (χ1) is 17.3. The lowest BCUT2D eigenvalue weighted by atomic mass is 10.0. The van der Waals surface area contributed by atoms with Gasteiger partial charge in [-0.05, 0) is 29.1 Å². The molecule has 176 valence electrons. The zero-order valence-electron chi connectivity index (χ0n) is 19.1. The van der Waals surface area contributed by atoms with E-state index in [0.717, 1.165) is 59.4 Å². The number of hydrogen-bond acceptors (Lipinski definition) is 8. The smallest absolute Gasteiger partial charge is 0.146 e. The van der Waals surface area contributed by atoms with E-state index in [1.165, 1.54) is 10.4 Å². The Hall–Kier alpha value is -3.17. The van der Waals surface area contributed by atoms with E-state index >= 15 is 0 Å². The first-order valence-electron chi connectivity index (χ1n) is 11.7. The van der Waals surface area contributed by atoms with Crippen molar-refractivity contribution in [2.24, 2.45) is 0 Å². The molecule has 1 unspecified atom stereocenters. The van der Waals surface area contributed by atoms with Crippen molar-refractivity contribution >= 4 is 38.7 Å². The summed E-state index contributed by atoms with van der Waals surface area (Å²) in [6, 6.07) is 20.6.